The first-order valence-corrected chi connectivity index (χ1v) is 9.28. The third-order valence-electron chi connectivity index (χ3n) is 4.46. The van der Waals surface area contributed by atoms with E-state index in [1.807, 2.05) is 41.8 Å². The standard InChI is InChI=1S/C20H17NO3S/c22-17-8-3-4-9-18(17)24-20(23)14-12-16(19-10-5-11-25-19)21-15-7-2-1-6-13(14)15/h1-2,5-7,10-12,18H,3-4,8-9H2/t18-/m0/s1. The first kappa shape index (κ1) is 16.0. The highest BCUT2D eigenvalue weighted by Gasteiger charge is 2.27. The zero-order valence-corrected chi connectivity index (χ0v) is 14.4. The Labute approximate surface area is 149 Å². The lowest BCUT2D eigenvalue weighted by atomic mass is 9.96. The lowest BCUT2D eigenvalue weighted by Crippen LogP contribution is -2.30. The van der Waals surface area contributed by atoms with E-state index in [9.17, 15) is 9.59 Å². The van der Waals surface area contributed by atoms with Gasteiger partial charge in [0.05, 0.1) is 21.7 Å². The van der Waals surface area contributed by atoms with Gasteiger partial charge in [-0.3, -0.25) is 4.79 Å². The van der Waals surface area contributed by atoms with Crippen LogP contribution in [0.25, 0.3) is 21.5 Å². The Bertz CT molecular complexity index is 933. The maximum absolute atomic E-state index is 12.8. The number of nitrogens with zero attached hydrogens (tertiary/aromatic N) is 1. The van der Waals surface area contributed by atoms with E-state index in [0.717, 1.165) is 34.3 Å². The summed E-state index contributed by atoms with van der Waals surface area (Å²) in [4.78, 5) is 30.4. The van der Waals surface area contributed by atoms with Crippen LogP contribution in [-0.2, 0) is 9.53 Å². The van der Waals surface area contributed by atoms with Gasteiger partial charge in [0.1, 0.15) is 0 Å². The molecule has 1 atom stereocenters. The van der Waals surface area contributed by atoms with Gasteiger partial charge in [-0.1, -0.05) is 24.3 Å². The minimum atomic E-state index is -0.613. The van der Waals surface area contributed by atoms with Crippen LogP contribution in [0.3, 0.4) is 0 Å². The van der Waals surface area contributed by atoms with Gasteiger partial charge in [-0.25, -0.2) is 9.78 Å². The van der Waals surface area contributed by atoms with E-state index in [4.69, 9.17) is 4.74 Å². The van der Waals surface area contributed by atoms with Crippen LogP contribution < -0.4 is 0 Å². The van der Waals surface area contributed by atoms with Gasteiger partial charge in [-0.05, 0) is 42.8 Å². The molecule has 5 heteroatoms. The highest BCUT2D eigenvalue weighted by molar-refractivity contribution is 7.13. The molecule has 1 saturated carbocycles. The van der Waals surface area contributed by atoms with Gasteiger partial charge in [0.2, 0.25) is 0 Å². The van der Waals surface area contributed by atoms with Gasteiger partial charge in [-0.15, -0.1) is 11.3 Å². The van der Waals surface area contributed by atoms with Crippen LogP contribution >= 0.6 is 11.3 Å². The second kappa shape index (κ2) is 6.76. The highest BCUT2D eigenvalue weighted by atomic mass is 32.1. The highest BCUT2D eigenvalue weighted by Crippen LogP contribution is 2.29. The van der Waals surface area contributed by atoms with Crippen molar-refractivity contribution in [2.75, 3.05) is 0 Å². The van der Waals surface area contributed by atoms with Crippen LogP contribution in [0.1, 0.15) is 36.0 Å². The smallest absolute Gasteiger partial charge is 0.339 e. The van der Waals surface area contributed by atoms with Crippen molar-refractivity contribution in [2.24, 2.45) is 0 Å². The molecule has 0 saturated heterocycles. The molecule has 0 bridgehead atoms. The van der Waals surface area contributed by atoms with Crippen molar-refractivity contribution in [2.45, 2.75) is 31.8 Å². The van der Waals surface area contributed by atoms with Gasteiger partial charge in [-0.2, -0.15) is 0 Å². The lowest BCUT2D eigenvalue weighted by molar-refractivity contribution is -0.129. The number of aromatic nitrogens is 1. The number of rotatable bonds is 3. The van der Waals surface area contributed by atoms with Crippen LogP contribution in [0.15, 0.2) is 47.8 Å². The van der Waals surface area contributed by atoms with E-state index < -0.39 is 12.1 Å². The van der Waals surface area contributed by atoms with Crippen LogP contribution in [0.4, 0.5) is 0 Å². The number of thiophene rings is 1. The minimum Gasteiger partial charge on any atom is -0.451 e. The Hall–Kier alpha value is -2.53. The number of ether oxygens (including phenoxy) is 1. The van der Waals surface area contributed by atoms with E-state index >= 15 is 0 Å². The summed E-state index contributed by atoms with van der Waals surface area (Å²) in [5, 5.41) is 2.72. The summed E-state index contributed by atoms with van der Waals surface area (Å²) in [7, 11) is 0. The number of hydrogen-bond donors (Lipinski definition) is 0. The summed E-state index contributed by atoms with van der Waals surface area (Å²) in [6.45, 7) is 0. The predicted octanol–water partition coefficient (Wildman–Crippen LogP) is 4.63. The number of pyridine rings is 1. The van der Waals surface area contributed by atoms with Crippen molar-refractivity contribution < 1.29 is 14.3 Å². The zero-order valence-electron chi connectivity index (χ0n) is 13.6. The fourth-order valence-electron chi connectivity index (χ4n) is 3.16. The molecular formula is C20H17NO3S. The summed E-state index contributed by atoms with van der Waals surface area (Å²) >= 11 is 1.57. The predicted molar refractivity (Wildman–Crippen MR) is 97.7 cm³/mol. The largest absolute Gasteiger partial charge is 0.451 e. The molecule has 1 aromatic carbocycles. The number of hydrogen-bond acceptors (Lipinski definition) is 5. The third kappa shape index (κ3) is 3.20. The Morgan fingerprint density at radius 2 is 2.04 bits per heavy atom. The average Bonchev–Trinajstić information content (AvgIpc) is 3.17. The molecule has 126 valence electrons. The number of Topliss-reactive ketones (excluding diaryl/α,β-unsaturated/α-hetero) is 1. The number of para-hydroxylation sites is 1. The van der Waals surface area contributed by atoms with Crippen molar-refractivity contribution in [3.63, 3.8) is 0 Å². The normalized spacial score (nSPS) is 17.6. The number of fused-ring (bicyclic) bond motifs is 1. The summed E-state index contributed by atoms with van der Waals surface area (Å²) in [5.74, 6) is -0.423. The second-order valence-electron chi connectivity index (χ2n) is 6.16. The molecule has 0 aliphatic heterocycles. The SMILES string of the molecule is O=C(O[C@H]1CCCCC1=O)c1cc(-c2cccs2)nc2ccccc12. The molecule has 4 nitrogen and oxygen atoms in total. The monoisotopic (exact) mass is 351 g/mol. The first-order valence-electron chi connectivity index (χ1n) is 8.40. The Morgan fingerprint density at radius 1 is 1.16 bits per heavy atom. The van der Waals surface area contributed by atoms with Crippen LogP contribution in [0.2, 0.25) is 0 Å². The topological polar surface area (TPSA) is 56.3 Å². The summed E-state index contributed by atoms with van der Waals surface area (Å²) < 4.78 is 5.56. The third-order valence-corrected chi connectivity index (χ3v) is 5.35. The zero-order chi connectivity index (χ0) is 17.2. The number of benzene rings is 1. The molecule has 2 aromatic heterocycles. The molecule has 1 aliphatic carbocycles. The maximum Gasteiger partial charge on any atom is 0.339 e. The Kier molecular flexibility index (Phi) is 4.32. The molecule has 0 unspecified atom stereocenters. The number of carbonyl (C=O) groups is 2. The molecular weight excluding hydrogens is 334 g/mol. The van der Waals surface area contributed by atoms with E-state index in [1.165, 1.54) is 0 Å². The van der Waals surface area contributed by atoms with Crippen molar-refractivity contribution in [1.82, 2.24) is 4.98 Å². The molecule has 0 radical (unpaired) electrons. The summed E-state index contributed by atoms with van der Waals surface area (Å²) in [6, 6.07) is 13.2. The van der Waals surface area contributed by atoms with E-state index in [-0.39, 0.29) is 5.78 Å². The molecule has 4 rings (SSSR count). The van der Waals surface area contributed by atoms with Gasteiger partial charge < -0.3 is 4.74 Å². The van der Waals surface area contributed by atoms with E-state index in [0.29, 0.717) is 18.4 Å². The summed E-state index contributed by atoms with van der Waals surface area (Å²) in [5.41, 5.74) is 1.96. The van der Waals surface area contributed by atoms with Crippen molar-refractivity contribution in [3.8, 4) is 10.6 Å². The van der Waals surface area contributed by atoms with E-state index in [1.54, 1.807) is 17.4 Å². The van der Waals surface area contributed by atoms with Crippen LogP contribution in [0, 0.1) is 0 Å². The Balaban J connectivity index is 1.74. The van der Waals surface area contributed by atoms with Crippen LogP contribution in [-0.4, -0.2) is 22.8 Å². The fourth-order valence-corrected chi connectivity index (χ4v) is 3.85. The van der Waals surface area contributed by atoms with Crippen molar-refractivity contribution in [3.05, 3.63) is 53.4 Å². The van der Waals surface area contributed by atoms with Gasteiger partial charge in [0, 0.05) is 11.8 Å². The van der Waals surface area contributed by atoms with Gasteiger partial charge in [0.25, 0.3) is 0 Å². The molecule has 3 aromatic rings. The molecule has 0 spiro atoms. The van der Waals surface area contributed by atoms with Crippen molar-refractivity contribution >= 4 is 34.0 Å². The lowest BCUT2D eigenvalue weighted by Gasteiger charge is -2.21. The first-order chi connectivity index (χ1) is 12.2. The fraction of sp³-hybridized carbons (Fsp3) is 0.250. The molecule has 1 aliphatic rings. The van der Waals surface area contributed by atoms with Gasteiger partial charge >= 0.3 is 5.97 Å². The molecule has 0 N–H and O–H groups in total. The Morgan fingerprint density at radius 3 is 2.84 bits per heavy atom. The maximum atomic E-state index is 12.8. The number of ketones is 1. The molecule has 25 heavy (non-hydrogen) atoms. The van der Waals surface area contributed by atoms with Crippen LogP contribution in [0.5, 0.6) is 0 Å². The van der Waals surface area contributed by atoms with E-state index in [2.05, 4.69) is 4.98 Å². The van der Waals surface area contributed by atoms with Gasteiger partial charge in [0.15, 0.2) is 11.9 Å². The molecule has 0 amide bonds. The minimum absolute atomic E-state index is 0.0245. The number of esters is 1. The van der Waals surface area contributed by atoms with Crippen molar-refractivity contribution in [1.29, 1.82) is 0 Å². The molecule has 1 fully saturated rings. The summed E-state index contributed by atoms with van der Waals surface area (Å²) in [6.07, 6.45) is 2.30. The quantitative estimate of drug-likeness (QED) is 0.646. The second-order valence-corrected chi connectivity index (χ2v) is 7.10. The molecule has 2 heterocycles. The number of carbonyl (C=O) groups excluding carboxylic acids is 2. The average molecular weight is 351 g/mol.